The molecule has 0 saturated carbocycles. The SMILES string of the molecule is Oc1ccccc1N1CCN(Cc2csc(-c3ccccn3)n2)CC1. The Hall–Kier alpha value is -2.44. The number of para-hydroxylation sites is 2. The molecule has 1 aliphatic heterocycles. The van der Waals surface area contributed by atoms with Gasteiger partial charge in [0.15, 0.2) is 0 Å². The summed E-state index contributed by atoms with van der Waals surface area (Å²) >= 11 is 1.65. The van der Waals surface area contributed by atoms with Crippen LogP contribution in [0.5, 0.6) is 5.75 Å². The number of pyridine rings is 1. The van der Waals surface area contributed by atoms with E-state index in [2.05, 4.69) is 20.2 Å². The van der Waals surface area contributed by atoms with Crippen molar-refractivity contribution in [3.05, 3.63) is 59.7 Å². The van der Waals surface area contributed by atoms with Gasteiger partial charge in [-0.1, -0.05) is 18.2 Å². The van der Waals surface area contributed by atoms with Crippen molar-refractivity contribution in [1.29, 1.82) is 0 Å². The number of nitrogens with zero attached hydrogens (tertiary/aromatic N) is 4. The molecule has 3 aromatic rings. The molecule has 1 fully saturated rings. The minimum absolute atomic E-state index is 0.357. The molecule has 0 aliphatic carbocycles. The van der Waals surface area contributed by atoms with Gasteiger partial charge >= 0.3 is 0 Å². The molecule has 2 aromatic heterocycles. The number of aromatic nitrogens is 2. The van der Waals surface area contributed by atoms with E-state index in [9.17, 15) is 5.11 Å². The average molecular weight is 352 g/mol. The number of phenolic OH excluding ortho intramolecular Hbond substituents is 1. The van der Waals surface area contributed by atoms with Gasteiger partial charge in [-0.2, -0.15) is 0 Å². The van der Waals surface area contributed by atoms with Gasteiger partial charge in [-0.15, -0.1) is 11.3 Å². The number of piperazine rings is 1. The number of hydrogen-bond donors (Lipinski definition) is 1. The Morgan fingerprint density at radius 3 is 2.56 bits per heavy atom. The third-order valence-electron chi connectivity index (χ3n) is 4.42. The van der Waals surface area contributed by atoms with Crippen LogP contribution in [-0.2, 0) is 6.54 Å². The van der Waals surface area contributed by atoms with E-state index in [1.54, 1.807) is 23.6 Å². The number of rotatable bonds is 4. The van der Waals surface area contributed by atoms with Crippen LogP contribution in [0.15, 0.2) is 54.0 Å². The summed E-state index contributed by atoms with van der Waals surface area (Å²) in [4.78, 5) is 13.7. The lowest BCUT2D eigenvalue weighted by Gasteiger charge is -2.36. The summed E-state index contributed by atoms with van der Waals surface area (Å²) in [6.45, 7) is 4.61. The molecule has 0 atom stereocenters. The Morgan fingerprint density at radius 2 is 1.80 bits per heavy atom. The zero-order valence-corrected chi connectivity index (χ0v) is 14.7. The van der Waals surface area contributed by atoms with Crippen LogP contribution >= 0.6 is 11.3 Å². The molecule has 0 bridgehead atoms. The zero-order chi connectivity index (χ0) is 17.1. The van der Waals surface area contributed by atoms with E-state index in [4.69, 9.17) is 4.98 Å². The fourth-order valence-electron chi connectivity index (χ4n) is 3.09. The summed E-state index contributed by atoms with van der Waals surface area (Å²) in [5.74, 6) is 0.357. The maximum absolute atomic E-state index is 10.0. The minimum atomic E-state index is 0.357. The van der Waals surface area contributed by atoms with Gasteiger partial charge in [0.05, 0.1) is 17.1 Å². The van der Waals surface area contributed by atoms with Crippen molar-refractivity contribution in [2.75, 3.05) is 31.1 Å². The van der Waals surface area contributed by atoms with Crippen molar-refractivity contribution in [1.82, 2.24) is 14.9 Å². The van der Waals surface area contributed by atoms with E-state index in [-0.39, 0.29) is 0 Å². The molecular weight excluding hydrogens is 332 g/mol. The van der Waals surface area contributed by atoms with Gasteiger partial charge in [0.1, 0.15) is 10.8 Å². The molecule has 128 valence electrons. The molecule has 25 heavy (non-hydrogen) atoms. The van der Waals surface area contributed by atoms with Crippen LogP contribution in [0.3, 0.4) is 0 Å². The van der Waals surface area contributed by atoms with E-state index in [1.165, 1.54) is 0 Å². The molecule has 1 aromatic carbocycles. The van der Waals surface area contributed by atoms with Crippen LogP contribution in [0.2, 0.25) is 0 Å². The number of thiazole rings is 1. The second-order valence-electron chi connectivity index (χ2n) is 6.11. The number of benzene rings is 1. The zero-order valence-electron chi connectivity index (χ0n) is 13.9. The summed E-state index contributed by atoms with van der Waals surface area (Å²) in [5, 5.41) is 13.1. The summed E-state index contributed by atoms with van der Waals surface area (Å²) in [7, 11) is 0. The highest BCUT2D eigenvalue weighted by molar-refractivity contribution is 7.13. The maximum atomic E-state index is 10.0. The van der Waals surface area contributed by atoms with E-state index < -0.39 is 0 Å². The third-order valence-corrected chi connectivity index (χ3v) is 5.33. The number of anilines is 1. The molecule has 1 N–H and O–H groups in total. The Morgan fingerprint density at radius 1 is 1.00 bits per heavy atom. The van der Waals surface area contributed by atoms with Gasteiger partial charge in [-0.3, -0.25) is 9.88 Å². The highest BCUT2D eigenvalue weighted by Crippen LogP contribution is 2.28. The quantitative estimate of drug-likeness (QED) is 0.781. The van der Waals surface area contributed by atoms with E-state index >= 15 is 0 Å². The van der Waals surface area contributed by atoms with Crippen LogP contribution in [0.25, 0.3) is 10.7 Å². The first kappa shape index (κ1) is 16.1. The summed E-state index contributed by atoms with van der Waals surface area (Å²) in [6.07, 6.45) is 1.80. The maximum Gasteiger partial charge on any atom is 0.142 e. The highest BCUT2D eigenvalue weighted by Gasteiger charge is 2.20. The largest absolute Gasteiger partial charge is 0.506 e. The predicted molar refractivity (Wildman–Crippen MR) is 101 cm³/mol. The van der Waals surface area contributed by atoms with Gasteiger partial charge < -0.3 is 10.0 Å². The van der Waals surface area contributed by atoms with Gasteiger partial charge in [0.2, 0.25) is 0 Å². The monoisotopic (exact) mass is 352 g/mol. The summed E-state index contributed by atoms with van der Waals surface area (Å²) in [6, 6.07) is 13.4. The lowest BCUT2D eigenvalue weighted by molar-refractivity contribution is 0.247. The average Bonchev–Trinajstić information content (AvgIpc) is 3.12. The van der Waals surface area contributed by atoms with Gasteiger partial charge in [0, 0.05) is 44.3 Å². The van der Waals surface area contributed by atoms with Crippen LogP contribution in [-0.4, -0.2) is 46.2 Å². The van der Waals surface area contributed by atoms with Gasteiger partial charge in [-0.05, 0) is 24.3 Å². The molecular formula is C19H20N4OS. The van der Waals surface area contributed by atoms with E-state index in [1.807, 2.05) is 36.4 Å². The van der Waals surface area contributed by atoms with Crippen LogP contribution in [0, 0.1) is 0 Å². The molecule has 6 heteroatoms. The molecule has 1 aliphatic rings. The Kier molecular flexibility index (Phi) is 4.63. The second-order valence-corrected chi connectivity index (χ2v) is 6.97. The van der Waals surface area contributed by atoms with Crippen LogP contribution in [0.4, 0.5) is 5.69 Å². The van der Waals surface area contributed by atoms with E-state index in [0.29, 0.717) is 5.75 Å². The molecule has 5 nitrogen and oxygen atoms in total. The van der Waals surface area contributed by atoms with Crippen molar-refractivity contribution in [2.24, 2.45) is 0 Å². The molecule has 1 saturated heterocycles. The Labute approximate surface area is 151 Å². The van der Waals surface area contributed by atoms with Crippen LogP contribution in [0.1, 0.15) is 5.69 Å². The molecule has 0 unspecified atom stereocenters. The number of aromatic hydroxyl groups is 1. The normalized spacial score (nSPS) is 15.4. The van der Waals surface area contributed by atoms with Gasteiger partial charge in [-0.25, -0.2) is 4.98 Å². The first-order chi connectivity index (χ1) is 12.3. The standard InChI is InChI=1S/C19H20N4OS/c24-18-7-2-1-6-17(18)23-11-9-22(10-12-23)13-15-14-25-19(21-15)16-5-3-4-8-20-16/h1-8,14,24H,9-13H2. The first-order valence-corrected chi connectivity index (χ1v) is 9.29. The lowest BCUT2D eigenvalue weighted by Crippen LogP contribution is -2.46. The van der Waals surface area contributed by atoms with E-state index in [0.717, 1.165) is 54.8 Å². The van der Waals surface area contributed by atoms with Crippen molar-refractivity contribution < 1.29 is 5.11 Å². The molecule has 3 heterocycles. The summed E-state index contributed by atoms with van der Waals surface area (Å²) < 4.78 is 0. The Bertz CT molecular complexity index is 828. The third kappa shape index (κ3) is 3.65. The van der Waals surface area contributed by atoms with Crippen molar-refractivity contribution >= 4 is 17.0 Å². The fraction of sp³-hybridized carbons (Fsp3) is 0.263. The summed E-state index contributed by atoms with van der Waals surface area (Å²) in [5.41, 5.74) is 2.96. The van der Waals surface area contributed by atoms with Crippen molar-refractivity contribution in [2.45, 2.75) is 6.54 Å². The smallest absolute Gasteiger partial charge is 0.142 e. The number of hydrogen-bond acceptors (Lipinski definition) is 6. The fourth-order valence-corrected chi connectivity index (χ4v) is 3.88. The van der Waals surface area contributed by atoms with Crippen molar-refractivity contribution in [3.8, 4) is 16.5 Å². The number of phenols is 1. The molecule has 0 radical (unpaired) electrons. The molecule has 0 spiro atoms. The Balaban J connectivity index is 1.36. The molecule has 4 rings (SSSR count). The first-order valence-electron chi connectivity index (χ1n) is 8.41. The van der Waals surface area contributed by atoms with Gasteiger partial charge in [0.25, 0.3) is 0 Å². The lowest BCUT2D eigenvalue weighted by atomic mass is 10.2. The predicted octanol–water partition coefficient (Wildman–Crippen LogP) is 3.23. The van der Waals surface area contributed by atoms with Crippen LogP contribution < -0.4 is 4.90 Å². The molecule has 0 amide bonds. The van der Waals surface area contributed by atoms with Crippen molar-refractivity contribution in [3.63, 3.8) is 0 Å². The highest BCUT2D eigenvalue weighted by atomic mass is 32.1. The minimum Gasteiger partial charge on any atom is -0.506 e. The second kappa shape index (κ2) is 7.21. The topological polar surface area (TPSA) is 52.5 Å².